The Labute approximate surface area is 93.9 Å². The lowest BCUT2D eigenvalue weighted by atomic mass is 10.0. The molecule has 0 N–H and O–H groups in total. The van der Waals surface area contributed by atoms with Gasteiger partial charge in [0.2, 0.25) is 0 Å². The van der Waals surface area contributed by atoms with Crippen molar-refractivity contribution in [3.63, 3.8) is 0 Å². The molecule has 1 rings (SSSR count). The predicted octanol–water partition coefficient (Wildman–Crippen LogP) is 3.09. The number of allylic oxidation sites excluding steroid dienone is 1. The molecule has 1 heterocycles. The number of hydrogen-bond acceptors (Lipinski definition) is 2. The Morgan fingerprint density at radius 3 is 2.93 bits per heavy atom. The van der Waals surface area contributed by atoms with E-state index in [2.05, 4.69) is 27.5 Å². The van der Waals surface area contributed by atoms with E-state index in [1.54, 1.807) is 7.05 Å². The molecule has 0 unspecified atom stereocenters. The second kappa shape index (κ2) is 6.14. The van der Waals surface area contributed by atoms with Gasteiger partial charge in [0.25, 0.3) is 0 Å². The average Bonchev–Trinajstić information content (AvgIpc) is 2.43. The van der Waals surface area contributed by atoms with Gasteiger partial charge in [0, 0.05) is 7.05 Å². The van der Waals surface area contributed by atoms with Crippen molar-refractivity contribution in [3.8, 4) is 0 Å². The molecule has 3 heteroatoms. The first-order chi connectivity index (χ1) is 6.79. The third kappa shape index (κ3) is 3.07. The summed E-state index contributed by atoms with van der Waals surface area (Å²) in [6.07, 6.45) is 4.81. The highest BCUT2D eigenvalue weighted by Crippen LogP contribution is 2.23. The van der Waals surface area contributed by atoms with E-state index < -0.39 is 0 Å². The van der Waals surface area contributed by atoms with Crippen LogP contribution < -0.4 is 0 Å². The molecule has 78 valence electrons. The molecule has 0 aromatic rings. The molecule has 0 saturated heterocycles. The van der Waals surface area contributed by atoms with E-state index in [9.17, 15) is 0 Å². The summed E-state index contributed by atoms with van der Waals surface area (Å²) >= 11 is 3.49. The summed E-state index contributed by atoms with van der Waals surface area (Å²) in [5.74, 6) is 0. The highest BCUT2D eigenvalue weighted by Gasteiger charge is 2.13. The fraction of sp³-hybridized carbons (Fsp3) is 0.545. The summed E-state index contributed by atoms with van der Waals surface area (Å²) in [6, 6.07) is 0. The van der Waals surface area contributed by atoms with Crippen molar-refractivity contribution in [2.75, 3.05) is 20.3 Å². The predicted molar refractivity (Wildman–Crippen MR) is 64.2 cm³/mol. The second-order valence-corrected chi connectivity index (χ2v) is 3.95. The molecule has 0 saturated carbocycles. The van der Waals surface area contributed by atoms with Crippen molar-refractivity contribution >= 4 is 20.6 Å². The molecule has 1 aliphatic rings. The van der Waals surface area contributed by atoms with E-state index in [-0.39, 0.29) is 0 Å². The largest absolute Gasteiger partial charge is 0.381 e. The minimum absolute atomic E-state index is 0.792. The van der Waals surface area contributed by atoms with Gasteiger partial charge < -0.3 is 4.74 Å². The van der Waals surface area contributed by atoms with Crippen LogP contribution in [0.1, 0.15) is 19.3 Å². The van der Waals surface area contributed by atoms with Crippen LogP contribution in [0.2, 0.25) is 0 Å². The zero-order valence-corrected chi connectivity index (χ0v) is 10.1. The van der Waals surface area contributed by atoms with Crippen molar-refractivity contribution in [1.29, 1.82) is 0 Å². The molecule has 1 aliphatic heterocycles. The summed E-state index contributed by atoms with van der Waals surface area (Å²) in [7, 11) is 1.80. The van der Waals surface area contributed by atoms with E-state index in [0.717, 1.165) is 37.1 Å². The minimum Gasteiger partial charge on any atom is -0.381 e. The molecule has 0 atom stereocenters. The van der Waals surface area contributed by atoms with E-state index in [0.29, 0.717) is 0 Å². The number of halogens is 1. The molecule has 0 amide bonds. The Morgan fingerprint density at radius 1 is 1.57 bits per heavy atom. The summed E-state index contributed by atoms with van der Waals surface area (Å²) in [5, 5.41) is 0. The van der Waals surface area contributed by atoms with Gasteiger partial charge in [0.1, 0.15) is 4.62 Å². The van der Waals surface area contributed by atoms with Crippen molar-refractivity contribution in [3.05, 3.63) is 23.8 Å². The lowest BCUT2D eigenvalue weighted by Gasteiger charge is -2.08. The smallest absolute Gasteiger partial charge is 0.103 e. The Bertz CT molecular complexity index is 268. The van der Waals surface area contributed by atoms with Crippen LogP contribution in [0, 0.1) is 0 Å². The molecule has 0 fully saturated rings. The van der Waals surface area contributed by atoms with Gasteiger partial charge in [0.15, 0.2) is 0 Å². The highest BCUT2D eigenvalue weighted by atomic mass is 79.9. The van der Waals surface area contributed by atoms with E-state index >= 15 is 0 Å². The second-order valence-electron chi connectivity index (χ2n) is 3.20. The number of ether oxygens (including phenoxy) is 1. The topological polar surface area (TPSA) is 21.6 Å². The molecule has 2 nitrogen and oxygen atoms in total. The number of aliphatic imine (C=N–C) groups is 1. The maximum Gasteiger partial charge on any atom is 0.103 e. The Hall–Kier alpha value is -0.410. The maximum atomic E-state index is 5.44. The van der Waals surface area contributed by atoms with Crippen molar-refractivity contribution < 1.29 is 4.74 Å². The highest BCUT2D eigenvalue weighted by molar-refractivity contribution is 9.18. The number of hydrogen-bond donors (Lipinski definition) is 0. The third-order valence-electron chi connectivity index (χ3n) is 2.31. The van der Waals surface area contributed by atoms with Crippen LogP contribution in [0.15, 0.2) is 28.8 Å². The van der Waals surface area contributed by atoms with Crippen LogP contribution in [-0.2, 0) is 4.74 Å². The minimum atomic E-state index is 0.792. The van der Waals surface area contributed by atoms with Crippen LogP contribution in [0.4, 0.5) is 0 Å². The first-order valence-electron chi connectivity index (χ1n) is 4.81. The number of rotatable bonds is 3. The fourth-order valence-electron chi connectivity index (χ4n) is 1.58. The molecule has 0 aromatic carbocycles. The molecule has 0 aromatic heterocycles. The molecular formula is C11H16BrNO. The lowest BCUT2D eigenvalue weighted by Crippen LogP contribution is -2.00. The molecule has 0 aliphatic carbocycles. The van der Waals surface area contributed by atoms with E-state index in [1.165, 1.54) is 11.1 Å². The van der Waals surface area contributed by atoms with Gasteiger partial charge >= 0.3 is 0 Å². The molecular weight excluding hydrogens is 242 g/mol. The van der Waals surface area contributed by atoms with Crippen LogP contribution >= 0.6 is 15.9 Å². The average molecular weight is 258 g/mol. The van der Waals surface area contributed by atoms with E-state index in [4.69, 9.17) is 4.74 Å². The summed E-state index contributed by atoms with van der Waals surface area (Å²) in [6.45, 7) is 5.38. The SMILES string of the molecule is C=CCC1=C(/C(Br)=N\C)CCOCC1. The third-order valence-corrected chi connectivity index (χ3v) is 3.14. The maximum absolute atomic E-state index is 5.44. The summed E-state index contributed by atoms with van der Waals surface area (Å²) < 4.78 is 6.40. The van der Waals surface area contributed by atoms with Crippen LogP contribution in [0.5, 0.6) is 0 Å². The Morgan fingerprint density at radius 2 is 2.29 bits per heavy atom. The van der Waals surface area contributed by atoms with Gasteiger partial charge in [-0.3, -0.25) is 4.99 Å². The van der Waals surface area contributed by atoms with Gasteiger partial charge in [-0.05, 0) is 40.8 Å². The van der Waals surface area contributed by atoms with Crippen molar-refractivity contribution in [2.45, 2.75) is 19.3 Å². The van der Waals surface area contributed by atoms with Crippen LogP contribution in [0.25, 0.3) is 0 Å². The van der Waals surface area contributed by atoms with Gasteiger partial charge in [0.05, 0.1) is 13.2 Å². The fourth-order valence-corrected chi connectivity index (χ4v) is 2.06. The molecule has 0 spiro atoms. The monoisotopic (exact) mass is 257 g/mol. The summed E-state index contributed by atoms with van der Waals surface area (Å²) in [4.78, 5) is 4.17. The number of nitrogens with zero attached hydrogens (tertiary/aromatic N) is 1. The van der Waals surface area contributed by atoms with Crippen molar-refractivity contribution in [2.24, 2.45) is 4.99 Å². The van der Waals surface area contributed by atoms with Gasteiger partial charge in [-0.2, -0.15) is 0 Å². The molecule has 0 bridgehead atoms. The normalized spacial score (nSPS) is 19.4. The van der Waals surface area contributed by atoms with E-state index in [1.807, 2.05) is 6.08 Å². The Kier molecular flexibility index (Phi) is 5.12. The standard InChI is InChI=1S/C11H16BrNO/c1-3-4-9-5-7-14-8-6-10(9)11(12)13-2/h3H,1,4-8H2,2H3/b13-11+. The molecule has 0 radical (unpaired) electrons. The van der Waals surface area contributed by atoms with Gasteiger partial charge in [-0.15, -0.1) is 6.58 Å². The first kappa shape index (κ1) is 11.7. The van der Waals surface area contributed by atoms with Gasteiger partial charge in [-0.25, -0.2) is 0 Å². The first-order valence-corrected chi connectivity index (χ1v) is 5.61. The lowest BCUT2D eigenvalue weighted by molar-refractivity contribution is 0.146. The summed E-state index contributed by atoms with van der Waals surface area (Å²) in [5.41, 5.74) is 2.69. The van der Waals surface area contributed by atoms with Crippen LogP contribution in [-0.4, -0.2) is 24.9 Å². The zero-order valence-electron chi connectivity index (χ0n) is 8.55. The quantitative estimate of drug-likeness (QED) is 0.563. The van der Waals surface area contributed by atoms with Crippen molar-refractivity contribution in [1.82, 2.24) is 0 Å². The zero-order chi connectivity index (χ0) is 10.4. The van der Waals surface area contributed by atoms with Gasteiger partial charge in [-0.1, -0.05) is 11.6 Å². The molecule has 14 heavy (non-hydrogen) atoms. The van der Waals surface area contributed by atoms with Crippen LogP contribution in [0.3, 0.4) is 0 Å². The Balaban J connectivity index is 2.91.